The fraction of sp³-hybridized carbons (Fsp3) is 0.476. The minimum atomic E-state index is -0.686. The molecule has 0 N–H and O–H groups in total. The van der Waals surface area contributed by atoms with E-state index >= 15 is 0 Å². The molecule has 0 spiro atoms. The van der Waals surface area contributed by atoms with Gasteiger partial charge in [0, 0.05) is 29.3 Å². The zero-order chi connectivity index (χ0) is 18.7. The molecule has 4 nitrogen and oxygen atoms in total. The number of Topliss-reactive ketones (excluding diaryl/α,β-unsaturated/α-hetero) is 1. The van der Waals surface area contributed by atoms with Crippen molar-refractivity contribution >= 4 is 17.5 Å². The summed E-state index contributed by atoms with van der Waals surface area (Å²) in [5.41, 5.74) is 2.56. The Morgan fingerprint density at radius 3 is 2.88 bits per heavy atom. The number of unbranched alkanes of at least 4 members (excludes halogenated alkanes) is 1. The summed E-state index contributed by atoms with van der Waals surface area (Å²) in [6.07, 6.45) is 3.62. The highest BCUT2D eigenvalue weighted by Crippen LogP contribution is 2.43. The highest BCUT2D eigenvalue weighted by molar-refractivity contribution is 6.08. The molecule has 1 heterocycles. The molecule has 1 aromatic carbocycles. The van der Waals surface area contributed by atoms with Crippen LogP contribution in [-0.2, 0) is 14.3 Å². The smallest absolute Gasteiger partial charge is 0.315 e. The van der Waals surface area contributed by atoms with Crippen LogP contribution < -0.4 is 0 Å². The number of ether oxygens (including phenoxy) is 1. The Labute approximate surface area is 153 Å². The zero-order valence-corrected chi connectivity index (χ0v) is 15.3. The normalized spacial score (nSPS) is 22.7. The standard InChI is InChI=1S/C21H24FNO3/c1-3-4-11-26-21(25)18-13(2)23-16-9-6-10-17(24)20(16)19(18)14-7-5-8-15(22)12-14/h5,7-8,12,18-19H,3-4,6,9-11H2,1-2H3/t18?,19-/m0/s1. The van der Waals surface area contributed by atoms with Crippen LogP contribution in [0.4, 0.5) is 4.39 Å². The number of hydrogen-bond donors (Lipinski definition) is 0. The van der Waals surface area contributed by atoms with Crippen LogP contribution in [0.3, 0.4) is 0 Å². The molecule has 2 aliphatic rings. The van der Waals surface area contributed by atoms with E-state index in [0.29, 0.717) is 36.3 Å². The topological polar surface area (TPSA) is 55.7 Å². The van der Waals surface area contributed by atoms with Gasteiger partial charge >= 0.3 is 5.97 Å². The number of carbonyl (C=O) groups excluding carboxylic acids is 2. The van der Waals surface area contributed by atoms with E-state index in [9.17, 15) is 14.0 Å². The van der Waals surface area contributed by atoms with Crippen LogP contribution in [0, 0.1) is 11.7 Å². The molecule has 0 fully saturated rings. The number of ketones is 1. The number of benzene rings is 1. The highest BCUT2D eigenvalue weighted by Gasteiger charge is 2.43. The Kier molecular flexibility index (Phi) is 5.64. The monoisotopic (exact) mass is 357 g/mol. The summed E-state index contributed by atoms with van der Waals surface area (Å²) < 4.78 is 19.3. The zero-order valence-electron chi connectivity index (χ0n) is 15.3. The van der Waals surface area contributed by atoms with Gasteiger partial charge in [-0.05, 0) is 43.9 Å². The highest BCUT2D eigenvalue weighted by atomic mass is 19.1. The van der Waals surface area contributed by atoms with Crippen LogP contribution >= 0.6 is 0 Å². The van der Waals surface area contributed by atoms with Gasteiger partial charge in [0.25, 0.3) is 0 Å². The first kappa shape index (κ1) is 18.5. The molecule has 0 amide bonds. The lowest BCUT2D eigenvalue weighted by Gasteiger charge is -2.34. The molecule has 5 heteroatoms. The fourth-order valence-corrected chi connectivity index (χ4v) is 3.78. The number of hydrogen-bond acceptors (Lipinski definition) is 4. The van der Waals surface area contributed by atoms with E-state index in [4.69, 9.17) is 4.74 Å². The average molecular weight is 357 g/mol. The first-order chi connectivity index (χ1) is 12.5. The molecule has 2 atom stereocenters. The summed E-state index contributed by atoms with van der Waals surface area (Å²) in [6.45, 7) is 4.16. The molecule has 1 aliphatic heterocycles. The minimum absolute atomic E-state index is 0.00289. The molecule has 1 unspecified atom stereocenters. The van der Waals surface area contributed by atoms with Gasteiger partial charge < -0.3 is 4.74 Å². The first-order valence-electron chi connectivity index (χ1n) is 9.26. The van der Waals surface area contributed by atoms with Gasteiger partial charge in [-0.15, -0.1) is 0 Å². The minimum Gasteiger partial charge on any atom is -0.465 e. The predicted molar refractivity (Wildman–Crippen MR) is 97.5 cm³/mol. The van der Waals surface area contributed by atoms with Gasteiger partial charge in [-0.2, -0.15) is 0 Å². The maximum absolute atomic E-state index is 13.9. The third-order valence-electron chi connectivity index (χ3n) is 5.04. The van der Waals surface area contributed by atoms with Crippen molar-refractivity contribution in [2.75, 3.05) is 6.61 Å². The molecule has 138 valence electrons. The van der Waals surface area contributed by atoms with Gasteiger partial charge in [-0.3, -0.25) is 14.6 Å². The van der Waals surface area contributed by atoms with Crippen molar-refractivity contribution in [3.8, 4) is 0 Å². The second-order valence-electron chi connectivity index (χ2n) is 6.92. The van der Waals surface area contributed by atoms with Crippen molar-refractivity contribution in [2.24, 2.45) is 10.9 Å². The number of halogens is 1. The van der Waals surface area contributed by atoms with Crippen molar-refractivity contribution < 1.29 is 18.7 Å². The second-order valence-corrected chi connectivity index (χ2v) is 6.92. The van der Waals surface area contributed by atoms with E-state index in [1.165, 1.54) is 12.1 Å². The van der Waals surface area contributed by atoms with E-state index in [2.05, 4.69) is 4.99 Å². The summed E-state index contributed by atoms with van der Waals surface area (Å²) in [5.74, 6) is -1.98. The van der Waals surface area contributed by atoms with Crippen LogP contribution in [0.5, 0.6) is 0 Å². The maximum Gasteiger partial charge on any atom is 0.315 e. The fourth-order valence-electron chi connectivity index (χ4n) is 3.78. The Morgan fingerprint density at radius 1 is 1.35 bits per heavy atom. The van der Waals surface area contributed by atoms with Crippen molar-refractivity contribution in [1.29, 1.82) is 0 Å². The maximum atomic E-state index is 13.9. The van der Waals surface area contributed by atoms with Gasteiger partial charge in [-0.1, -0.05) is 25.5 Å². The molecule has 0 radical (unpaired) electrons. The Morgan fingerprint density at radius 2 is 2.15 bits per heavy atom. The van der Waals surface area contributed by atoms with Gasteiger partial charge in [-0.25, -0.2) is 4.39 Å². The number of esters is 1. The SMILES string of the molecule is CCCCOC(=O)C1C(C)=NC2=C(C(=O)CCC2)[C@H]1c1cccc(F)c1. The van der Waals surface area contributed by atoms with E-state index in [1.807, 2.05) is 6.92 Å². The molecule has 0 bridgehead atoms. The van der Waals surface area contributed by atoms with Crippen LogP contribution in [0.25, 0.3) is 0 Å². The molecule has 26 heavy (non-hydrogen) atoms. The lowest BCUT2D eigenvalue weighted by molar-refractivity contribution is -0.146. The van der Waals surface area contributed by atoms with Crippen LogP contribution in [0.1, 0.15) is 57.4 Å². The summed E-state index contributed by atoms with van der Waals surface area (Å²) >= 11 is 0. The summed E-state index contributed by atoms with van der Waals surface area (Å²) in [5, 5.41) is 0. The lowest BCUT2D eigenvalue weighted by atomic mass is 9.72. The quantitative estimate of drug-likeness (QED) is 0.581. The average Bonchev–Trinajstić information content (AvgIpc) is 2.61. The third kappa shape index (κ3) is 3.62. The van der Waals surface area contributed by atoms with Crippen molar-refractivity contribution in [2.45, 2.75) is 51.9 Å². The molecule has 0 saturated heterocycles. The van der Waals surface area contributed by atoms with E-state index < -0.39 is 11.8 Å². The van der Waals surface area contributed by atoms with Crippen molar-refractivity contribution in [3.05, 3.63) is 46.9 Å². The molecule has 1 aromatic rings. The van der Waals surface area contributed by atoms with Crippen LogP contribution in [0.15, 0.2) is 40.5 Å². The van der Waals surface area contributed by atoms with Crippen molar-refractivity contribution in [1.82, 2.24) is 0 Å². The van der Waals surface area contributed by atoms with Gasteiger partial charge in [0.05, 0.1) is 6.61 Å². The third-order valence-corrected chi connectivity index (χ3v) is 5.04. The van der Waals surface area contributed by atoms with Crippen molar-refractivity contribution in [3.63, 3.8) is 0 Å². The van der Waals surface area contributed by atoms with E-state index in [0.717, 1.165) is 25.0 Å². The number of allylic oxidation sites excluding steroid dienone is 2. The molecule has 1 aliphatic carbocycles. The number of carbonyl (C=O) groups is 2. The Balaban J connectivity index is 2.04. The Bertz CT molecular complexity index is 781. The molecule has 0 aromatic heterocycles. The summed E-state index contributed by atoms with van der Waals surface area (Å²) in [4.78, 5) is 30.0. The number of rotatable bonds is 5. The molecular weight excluding hydrogens is 333 g/mol. The summed E-state index contributed by atoms with van der Waals surface area (Å²) in [7, 11) is 0. The van der Waals surface area contributed by atoms with Gasteiger partial charge in [0.1, 0.15) is 11.7 Å². The Hall–Kier alpha value is -2.30. The molecule has 0 saturated carbocycles. The molecule has 3 rings (SSSR count). The molecular formula is C21H24FNO3. The largest absolute Gasteiger partial charge is 0.465 e. The lowest BCUT2D eigenvalue weighted by Crippen LogP contribution is -2.37. The van der Waals surface area contributed by atoms with E-state index in [1.54, 1.807) is 19.1 Å². The second kappa shape index (κ2) is 7.94. The van der Waals surface area contributed by atoms with Gasteiger partial charge in [0.15, 0.2) is 5.78 Å². The number of nitrogens with zero attached hydrogens (tertiary/aromatic N) is 1. The van der Waals surface area contributed by atoms with E-state index in [-0.39, 0.29) is 17.6 Å². The summed E-state index contributed by atoms with van der Waals surface area (Å²) in [6, 6.07) is 6.14. The van der Waals surface area contributed by atoms with Crippen LogP contribution in [-0.4, -0.2) is 24.1 Å². The predicted octanol–water partition coefficient (Wildman–Crippen LogP) is 4.35. The first-order valence-corrected chi connectivity index (χ1v) is 9.26. The number of aliphatic imine (C=N–C) groups is 1. The van der Waals surface area contributed by atoms with Crippen LogP contribution in [0.2, 0.25) is 0 Å². The van der Waals surface area contributed by atoms with Gasteiger partial charge in [0.2, 0.25) is 0 Å².